The molecular weight excluding hydrogens is 735 g/mol. The minimum atomic E-state index is -4.52. The number of rotatable bonds is 17. The van der Waals surface area contributed by atoms with Crippen molar-refractivity contribution in [3.05, 3.63) is 48.4 Å². The molecule has 55 heavy (non-hydrogen) atoms. The molecule has 1 saturated carbocycles. The largest absolute Gasteiger partial charge is 0.490 e. The van der Waals surface area contributed by atoms with Gasteiger partial charge in [0.1, 0.15) is 41.6 Å². The Hall–Kier alpha value is -4.75. The number of carbonyl (C=O) groups is 3. The molecule has 298 valence electrons. The fourth-order valence-corrected chi connectivity index (χ4v) is 8.17. The number of nitriles is 1. The second kappa shape index (κ2) is 18.3. The number of hydrogen-bond acceptors (Lipinski definition) is 15. The highest BCUT2D eigenvalue weighted by atomic mass is 31.2. The van der Waals surface area contributed by atoms with E-state index in [9.17, 15) is 24.2 Å². The van der Waals surface area contributed by atoms with E-state index in [0.29, 0.717) is 11.3 Å². The van der Waals surface area contributed by atoms with Crippen LogP contribution >= 0.6 is 7.75 Å². The van der Waals surface area contributed by atoms with Crippen molar-refractivity contribution >= 4 is 37.0 Å². The van der Waals surface area contributed by atoms with E-state index in [-0.39, 0.29) is 35.9 Å². The van der Waals surface area contributed by atoms with Crippen molar-refractivity contribution in [1.82, 2.24) is 19.7 Å². The first kappa shape index (κ1) is 41.4. The van der Waals surface area contributed by atoms with Crippen molar-refractivity contribution in [2.24, 2.45) is 5.92 Å². The van der Waals surface area contributed by atoms with E-state index in [1.54, 1.807) is 30.3 Å². The lowest BCUT2D eigenvalue weighted by molar-refractivity contribution is -0.166. The van der Waals surface area contributed by atoms with Crippen LogP contribution in [0.4, 0.5) is 5.82 Å². The third-order valence-electron chi connectivity index (χ3n) is 9.66. The Morgan fingerprint density at radius 3 is 2.36 bits per heavy atom. The fourth-order valence-electron chi connectivity index (χ4n) is 6.67. The van der Waals surface area contributed by atoms with E-state index < -0.39 is 62.2 Å². The number of carbonyl (C=O) groups excluding carboxylic acids is 3. The van der Waals surface area contributed by atoms with Gasteiger partial charge in [0.2, 0.25) is 5.60 Å². The maximum atomic E-state index is 14.6. The van der Waals surface area contributed by atoms with Gasteiger partial charge in [-0.05, 0) is 74.9 Å². The summed E-state index contributed by atoms with van der Waals surface area (Å²) in [7, 11) is -4.52. The maximum Gasteiger partial charge on any atom is 0.459 e. The summed E-state index contributed by atoms with van der Waals surface area (Å²) in [5.41, 5.74) is 4.30. The van der Waals surface area contributed by atoms with Gasteiger partial charge < -0.3 is 33.9 Å². The van der Waals surface area contributed by atoms with E-state index in [1.165, 1.54) is 30.3 Å². The van der Waals surface area contributed by atoms with Crippen LogP contribution in [-0.4, -0.2) is 76.2 Å². The number of ether oxygens (including phenoxy) is 5. The first-order valence-corrected chi connectivity index (χ1v) is 20.0. The van der Waals surface area contributed by atoms with E-state index in [0.717, 1.165) is 52.4 Å². The highest BCUT2D eigenvalue weighted by Gasteiger charge is 2.62. The van der Waals surface area contributed by atoms with Gasteiger partial charge in [-0.15, -0.1) is 0 Å². The summed E-state index contributed by atoms with van der Waals surface area (Å²) in [6.45, 7) is 7.21. The Bertz CT molecular complexity index is 1890. The van der Waals surface area contributed by atoms with E-state index in [2.05, 4.69) is 21.2 Å². The molecule has 0 bridgehead atoms. The van der Waals surface area contributed by atoms with Crippen LogP contribution in [0.3, 0.4) is 0 Å². The molecule has 2 aromatic heterocycles. The van der Waals surface area contributed by atoms with Gasteiger partial charge in [-0.25, -0.2) is 14.1 Å². The van der Waals surface area contributed by atoms with Crippen LogP contribution in [0.5, 0.6) is 11.5 Å². The number of aromatic nitrogens is 3. The molecule has 3 aromatic rings. The summed E-state index contributed by atoms with van der Waals surface area (Å²) in [4.78, 5) is 42.0. The number of fused-ring (bicyclic) bond motifs is 1. The highest BCUT2D eigenvalue weighted by molar-refractivity contribution is 7.52. The first-order chi connectivity index (χ1) is 26.3. The Labute approximate surface area is 319 Å². The summed E-state index contributed by atoms with van der Waals surface area (Å²) in [6, 6.07) is 10.4. The number of benzene rings is 1. The molecule has 1 saturated heterocycles. The molecule has 3 N–H and O–H groups in total. The molecule has 1 aliphatic heterocycles. The number of hydrogen-bond donors (Lipinski definition) is 2. The number of nitrogens with one attached hydrogen (secondary N) is 1. The molecule has 1 aromatic carbocycles. The molecule has 2 fully saturated rings. The van der Waals surface area contributed by atoms with Crippen LogP contribution in [0.1, 0.15) is 85.3 Å². The number of nitrogens with zero attached hydrogens (tertiary/aromatic N) is 4. The lowest BCUT2D eigenvalue weighted by Gasteiger charge is -2.28. The standard InChI is InChI=1S/C37H49N6O11P/c1-6-26(7-2)19-48-36(46)23(3)42-55(47,54-29-15-13-28(14-16-29)52-27-11-9-8-10-12-27)49-20-31-33(50-24(4)44)34(51-25(5)45)37(21-38,53-31)32-18-17-30-35(39)40-22-41-43(30)32/h13-18,22-23,26-27,31,33-34H,6-12,19-20H2,1-5H3,(H,42,47)(H2,39,40,41)/t23-,31+,33+,34+,37-,55?/m0/s1. The Morgan fingerprint density at radius 1 is 1.05 bits per heavy atom. The number of nitrogen functional groups attached to an aromatic ring is 1. The average molecular weight is 785 g/mol. The van der Waals surface area contributed by atoms with Crippen LogP contribution in [0.25, 0.3) is 5.52 Å². The molecule has 1 unspecified atom stereocenters. The molecule has 5 rings (SSSR count). The zero-order chi connectivity index (χ0) is 39.8. The molecule has 1 aliphatic carbocycles. The SMILES string of the molecule is CCC(CC)COC(=O)[C@H](C)NP(=O)(OC[C@H]1O[C@@](C#N)(c2ccc3c(N)ncnn23)[C@H](OC(C)=O)[C@@H]1OC(C)=O)Oc1ccc(OC2CCCCC2)cc1. The predicted molar refractivity (Wildman–Crippen MR) is 196 cm³/mol. The summed E-state index contributed by atoms with van der Waals surface area (Å²) in [6.07, 6.45) is 3.77. The average Bonchev–Trinajstić information content (AvgIpc) is 3.72. The topological polar surface area (TPSA) is 225 Å². The number of anilines is 1. The van der Waals surface area contributed by atoms with Gasteiger partial charge in [0.15, 0.2) is 18.0 Å². The van der Waals surface area contributed by atoms with Crippen molar-refractivity contribution < 1.29 is 51.7 Å². The molecule has 18 heteroatoms. The van der Waals surface area contributed by atoms with Crippen LogP contribution in [0, 0.1) is 17.2 Å². The number of nitrogens with two attached hydrogens (primary N) is 1. The van der Waals surface area contributed by atoms with Crippen molar-refractivity contribution in [3.8, 4) is 17.6 Å². The molecule has 0 radical (unpaired) electrons. The van der Waals surface area contributed by atoms with Gasteiger partial charge in [0.05, 0.1) is 25.0 Å². The Morgan fingerprint density at radius 2 is 1.73 bits per heavy atom. The lowest BCUT2D eigenvalue weighted by atomic mass is 9.92. The van der Waals surface area contributed by atoms with Crippen LogP contribution in [0.2, 0.25) is 0 Å². The molecule has 6 atom stereocenters. The van der Waals surface area contributed by atoms with Crippen molar-refractivity contribution in [2.45, 2.75) is 116 Å². The predicted octanol–water partition coefficient (Wildman–Crippen LogP) is 5.17. The van der Waals surface area contributed by atoms with Gasteiger partial charge in [-0.1, -0.05) is 33.1 Å². The van der Waals surface area contributed by atoms with Gasteiger partial charge in [0.25, 0.3) is 0 Å². The second-order valence-corrected chi connectivity index (χ2v) is 15.4. The lowest BCUT2D eigenvalue weighted by Crippen LogP contribution is -2.45. The van der Waals surface area contributed by atoms with Crippen LogP contribution in [0.15, 0.2) is 42.7 Å². The quantitative estimate of drug-likeness (QED) is 0.102. The minimum absolute atomic E-state index is 0.0759. The fraction of sp³-hybridized carbons (Fsp3) is 0.568. The summed E-state index contributed by atoms with van der Waals surface area (Å²) in [5.74, 6) is -1.32. The van der Waals surface area contributed by atoms with Gasteiger partial charge >= 0.3 is 25.7 Å². The van der Waals surface area contributed by atoms with E-state index in [1.807, 2.05) is 13.8 Å². The second-order valence-electron chi connectivity index (χ2n) is 13.7. The van der Waals surface area contributed by atoms with Crippen molar-refractivity contribution in [3.63, 3.8) is 0 Å². The van der Waals surface area contributed by atoms with Gasteiger partial charge in [-0.3, -0.25) is 18.9 Å². The van der Waals surface area contributed by atoms with Crippen molar-refractivity contribution in [1.29, 1.82) is 5.26 Å². The molecule has 0 amide bonds. The molecule has 3 heterocycles. The molecule has 0 spiro atoms. The van der Waals surface area contributed by atoms with Crippen LogP contribution < -0.4 is 20.1 Å². The van der Waals surface area contributed by atoms with Gasteiger partial charge in [0, 0.05) is 13.8 Å². The van der Waals surface area contributed by atoms with Gasteiger partial charge in [-0.2, -0.15) is 15.4 Å². The summed E-state index contributed by atoms with van der Waals surface area (Å²) < 4.78 is 57.0. The first-order valence-electron chi connectivity index (χ1n) is 18.5. The highest BCUT2D eigenvalue weighted by Crippen LogP contribution is 2.49. The zero-order valence-corrected chi connectivity index (χ0v) is 32.6. The molecule has 2 aliphatic rings. The van der Waals surface area contributed by atoms with Crippen molar-refractivity contribution in [2.75, 3.05) is 18.9 Å². The maximum absolute atomic E-state index is 14.6. The molecule has 17 nitrogen and oxygen atoms in total. The van der Waals surface area contributed by atoms with E-state index >= 15 is 0 Å². The van der Waals surface area contributed by atoms with Crippen LogP contribution in [-0.2, 0) is 48.0 Å². The normalized spacial score (nSPS) is 23.0. The summed E-state index contributed by atoms with van der Waals surface area (Å²) >= 11 is 0. The smallest absolute Gasteiger partial charge is 0.459 e. The third-order valence-corrected chi connectivity index (χ3v) is 11.3. The monoisotopic (exact) mass is 784 g/mol. The Balaban J connectivity index is 1.44. The molecular formula is C37H49N6O11P. The number of esters is 3. The zero-order valence-electron chi connectivity index (χ0n) is 31.7. The third kappa shape index (κ3) is 9.93. The Kier molecular flexibility index (Phi) is 13.7. The summed E-state index contributed by atoms with van der Waals surface area (Å²) in [5, 5.41) is 17.6. The van der Waals surface area contributed by atoms with E-state index in [4.69, 9.17) is 38.5 Å². The minimum Gasteiger partial charge on any atom is -0.490 e.